The summed E-state index contributed by atoms with van der Waals surface area (Å²) in [4.78, 5) is 38.7. The zero-order chi connectivity index (χ0) is 15.8. The molecule has 0 saturated carbocycles. The van der Waals surface area contributed by atoms with Gasteiger partial charge in [0.05, 0.1) is 6.61 Å². The molecule has 0 aromatic carbocycles. The second kappa shape index (κ2) is 8.18. The molecule has 0 atom stereocenters. The highest BCUT2D eigenvalue weighted by Gasteiger charge is 2.36. The molecule has 0 rings (SSSR count). The minimum atomic E-state index is -1.08. The van der Waals surface area contributed by atoms with Crippen LogP contribution in [0.4, 0.5) is 4.79 Å². The van der Waals surface area contributed by atoms with Gasteiger partial charge in [-0.25, -0.2) is 4.79 Å². The molecule has 0 aliphatic carbocycles. The molecule has 0 bridgehead atoms. The maximum absolute atomic E-state index is 12.0. The van der Waals surface area contributed by atoms with Crippen LogP contribution in [0.1, 0.15) is 33.6 Å². The van der Waals surface area contributed by atoms with E-state index in [2.05, 4.69) is 10.2 Å². The predicted molar refractivity (Wildman–Crippen MR) is 71.2 cm³/mol. The average Bonchev–Trinajstić information content (AvgIpc) is 2.34. The molecule has 0 spiro atoms. The molecule has 0 fully saturated rings. The van der Waals surface area contributed by atoms with Crippen molar-refractivity contribution >= 4 is 11.9 Å². The number of nitrogens with one attached hydrogen (secondary N) is 1. The van der Waals surface area contributed by atoms with Crippen molar-refractivity contribution in [3.8, 4) is 0 Å². The quantitative estimate of drug-likeness (QED) is 0.358. The number of rotatable bonds is 9. The summed E-state index contributed by atoms with van der Waals surface area (Å²) in [6.45, 7) is 5.56. The number of hydrogen-bond donors (Lipinski definition) is 2. The van der Waals surface area contributed by atoms with E-state index in [1.807, 2.05) is 6.92 Å². The first-order chi connectivity index (χ1) is 9.23. The van der Waals surface area contributed by atoms with Crippen LogP contribution < -0.4 is 11.1 Å². The number of nitrogens with zero attached hydrogens (tertiary/aromatic N) is 2. The second-order valence-electron chi connectivity index (χ2n) is 4.72. The average molecular weight is 290 g/mol. The van der Waals surface area contributed by atoms with E-state index in [1.54, 1.807) is 13.8 Å². The van der Waals surface area contributed by atoms with Gasteiger partial charge in [0.1, 0.15) is 5.54 Å². The molecule has 3 N–H and O–H groups in total. The minimum Gasteiger partial charge on any atom is -0.354 e. The van der Waals surface area contributed by atoms with Gasteiger partial charge < -0.3 is 20.8 Å². The topological polar surface area (TPSA) is 128 Å². The fourth-order valence-electron chi connectivity index (χ4n) is 1.64. The molecule has 0 unspecified atom stereocenters. The highest BCUT2D eigenvalue weighted by molar-refractivity contribution is 5.89. The first-order valence-electron chi connectivity index (χ1n) is 6.36. The summed E-state index contributed by atoms with van der Waals surface area (Å²) in [5, 5.41) is 11.6. The normalized spacial score (nSPS) is 10.8. The number of primary amides is 1. The van der Waals surface area contributed by atoms with E-state index in [0.717, 1.165) is 0 Å². The SMILES string of the molecule is CCCN(C(N)=O)C(C)(C)C(=O)NCCCO[N+](=O)[O-]. The maximum Gasteiger partial charge on any atom is 0.315 e. The van der Waals surface area contributed by atoms with Crippen molar-refractivity contribution < 1.29 is 19.5 Å². The fourth-order valence-corrected chi connectivity index (χ4v) is 1.64. The monoisotopic (exact) mass is 290 g/mol. The first kappa shape index (κ1) is 17.9. The van der Waals surface area contributed by atoms with Crippen molar-refractivity contribution in [1.82, 2.24) is 10.2 Å². The van der Waals surface area contributed by atoms with E-state index in [0.29, 0.717) is 19.4 Å². The van der Waals surface area contributed by atoms with Crippen LogP contribution in [0.3, 0.4) is 0 Å². The van der Waals surface area contributed by atoms with E-state index >= 15 is 0 Å². The summed E-state index contributed by atoms with van der Waals surface area (Å²) in [5.41, 5.74) is 4.19. The third kappa shape index (κ3) is 5.72. The van der Waals surface area contributed by atoms with Crippen LogP contribution in [0.5, 0.6) is 0 Å². The Morgan fingerprint density at radius 3 is 2.50 bits per heavy atom. The molecule has 9 heteroatoms. The summed E-state index contributed by atoms with van der Waals surface area (Å²) < 4.78 is 0. The van der Waals surface area contributed by atoms with Crippen molar-refractivity contribution in [1.29, 1.82) is 0 Å². The van der Waals surface area contributed by atoms with Gasteiger partial charge in [0.15, 0.2) is 0 Å². The lowest BCUT2D eigenvalue weighted by Gasteiger charge is -2.35. The van der Waals surface area contributed by atoms with Crippen LogP contribution in [0.25, 0.3) is 0 Å². The highest BCUT2D eigenvalue weighted by Crippen LogP contribution is 2.15. The molecule has 0 heterocycles. The van der Waals surface area contributed by atoms with Crippen molar-refractivity contribution in [2.45, 2.75) is 39.2 Å². The largest absolute Gasteiger partial charge is 0.354 e. The molecule has 0 saturated heterocycles. The molecule has 9 nitrogen and oxygen atoms in total. The van der Waals surface area contributed by atoms with Crippen LogP contribution in [0.2, 0.25) is 0 Å². The van der Waals surface area contributed by atoms with Gasteiger partial charge in [-0.15, -0.1) is 10.1 Å². The van der Waals surface area contributed by atoms with Crippen LogP contribution in [-0.2, 0) is 9.63 Å². The lowest BCUT2D eigenvalue weighted by atomic mass is 10.0. The van der Waals surface area contributed by atoms with E-state index in [1.165, 1.54) is 4.90 Å². The van der Waals surface area contributed by atoms with Gasteiger partial charge in [-0.3, -0.25) is 4.79 Å². The number of urea groups is 1. The standard InChI is InChI=1S/C11H22N4O5/c1-4-7-14(10(12)17)11(2,3)9(16)13-6-5-8-20-15(18)19/h4-8H2,1-3H3,(H2,12,17)(H,13,16). The molecular weight excluding hydrogens is 268 g/mol. The van der Waals surface area contributed by atoms with Crippen molar-refractivity contribution in [3.63, 3.8) is 0 Å². The Labute approximate surface area is 117 Å². The second-order valence-corrected chi connectivity index (χ2v) is 4.72. The molecule has 0 aliphatic heterocycles. The molecule has 0 aromatic rings. The van der Waals surface area contributed by atoms with Crippen LogP contribution in [0.15, 0.2) is 0 Å². The predicted octanol–water partition coefficient (Wildman–Crippen LogP) is 0.270. The zero-order valence-corrected chi connectivity index (χ0v) is 12.0. The third-order valence-corrected chi connectivity index (χ3v) is 2.75. The van der Waals surface area contributed by atoms with E-state index in [-0.39, 0.29) is 19.1 Å². The van der Waals surface area contributed by atoms with Crippen molar-refractivity contribution in [3.05, 3.63) is 10.1 Å². The van der Waals surface area contributed by atoms with Gasteiger partial charge >= 0.3 is 6.03 Å². The van der Waals surface area contributed by atoms with Crippen molar-refractivity contribution in [2.24, 2.45) is 5.73 Å². The molecule has 20 heavy (non-hydrogen) atoms. The van der Waals surface area contributed by atoms with Gasteiger partial charge in [0.25, 0.3) is 5.09 Å². The molecule has 0 radical (unpaired) electrons. The van der Waals surface area contributed by atoms with Crippen molar-refractivity contribution in [2.75, 3.05) is 19.7 Å². The van der Waals surface area contributed by atoms with E-state index in [9.17, 15) is 19.7 Å². The van der Waals surface area contributed by atoms with Gasteiger partial charge in [-0.1, -0.05) is 6.92 Å². The van der Waals surface area contributed by atoms with Gasteiger partial charge in [-0.05, 0) is 26.7 Å². The fraction of sp³-hybridized carbons (Fsp3) is 0.818. The summed E-state index contributed by atoms with van der Waals surface area (Å²) in [6, 6.07) is -0.663. The Hall–Kier alpha value is -2.06. The maximum atomic E-state index is 12.0. The Balaban J connectivity index is 4.34. The van der Waals surface area contributed by atoms with E-state index < -0.39 is 16.7 Å². The lowest BCUT2D eigenvalue weighted by molar-refractivity contribution is -0.757. The zero-order valence-electron chi connectivity index (χ0n) is 12.0. The molecule has 0 aliphatic rings. The number of amides is 3. The van der Waals surface area contributed by atoms with E-state index in [4.69, 9.17) is 5.73 Å². The summed E-state index contributed by atoms with van der Waals surface area (Å²) in [6.07, 6.45) is 0.976. The summed E-state index contributed by atoms with van der Waals surface area (Å²) in [5.74, 6) is -0.370. The molecule has 3 amide bonds. The van der Waals surface area contributed by atoms with Crippen LogP contribution in [0, 0.1) is 10.1 Å². The summed E-state index contributed by atoms with van der Waals surface area (Å²) in [7, 11) is 0. The van der Waals surface area contributed by atoms with Gasteiger partial charge in [-0.2, -0.15) is 0 Å². The Morgan fingerprint density at radius 2 is 2.05 bits per heavy atom. The first-order valence-corrected chi connectivity index (χ1v) is 6.36. The van der Waals surface area contributed by atoms with Gasteiger partial charge in [0, 0.05) is 13.1 Å². The third-order valence-electron chi connectivity index (χ3n) is 2.75. The Kier molecular flexibility index (Phi) is 7.34. The van der Waals surface area contributed by atoms with Crippen LogP contribution >= 0.6 is 0 Å². The minimum absolute atomic E-state index is 0.0950. The Bertz CT molecular complexity index is 359. The highest BCUT2D eigenvalue weighted by atomic mass is 16.9. The lowest BCUT2D eigenvalue weighted by Crippen LogP contribution is -2.58. The number of carbonyl (C=O) groups excluding carboxylic acids is 2. The molecule has 116 valence electrons. The van der Waals surface area contributed by atoms with Crippen LogP contribution in [-0.4, -0.2) is 47.2 Å². The Morgan fingerprint density at radius 1 is 1.45 bits per heavy atom. The molecule has 0 aromatic heterocycles. The van der Waals surface area contributed by atoms with Gasteiger partial charge in [0.2, 0.25) is 5.91 Å². The number of carbonyl (C=O) groups is 2. The summed E-state index contributed by atoms with van der Waals surface area (Å²) >= 11 is 0. The smallest absolute Gasteiger partial charge is 0.315 e. The number of nitrogens with two attached hydrogens (primary N) is 1. The number of hydrogen-bond acceptors (Lipinski definition) is 5. The molecular formula is C11H22N4O5.